The van der Waals surface area contributed by atoms with Gasteiger partial charge >= 0.3 is 5.97 Å². The summed E-state index contributed by atoms with van der Waals surface area (Å²) in [5.41, 5.74) is 1.73. The van der Waals surface area contributed by atoms with Crippen LogP contribution in [0.5, 0.6) is 5.75 Å². The first kappa shape index (κ1) is 24.1. The molecular formula is C29H41NO3. The maximum atomic E-state index is 11.8. The number of ether oxygens (including phenoxy) is 2. The molecule has 1 heterocycles. The van der Waals surface area contributed by atoms with Gasteiger partial charge in [0, 0.05) is 6.04 Å². The molecule has 180 valence electrons. The molecule has 1 unspecified atom stereocenters. The van der Waals surface area contributed by atoms with Gasteiger partial charge < -0.3 is 9.47 Å². The van der Waals surface area contributed by atoms with E-state index in [1.165, 1.54) is 36.3 Å². The first-order chi connectivity index (χ1) is 15.7. The second-order valence-corrected chi connectivity index (χ2v) is 11.2. The molecule has 0 amide bonds. The zero-order valence-corrected chi connectivity index (χ0v) is 21.1. The Kier molecular flexibility index (Phi) is 7.33. The van der Waals surface area contributed by atoms with Gasteiger partial charge in [0.15, 0.2) is 0 Å². The number of esters is 1. The van der Waals surface area contributed by atoms with E-state index in [2.05, 4.69) is 69.0 Å². The van der Waals surface area contributed by atoms with Crippen molar-refractivity contribution < 1.29 is 14.3 Å². The summed E-state index contributed by atoms with van der Waals surface area (Å²) < 4.78 is 11.3. The number of nitrogens with zero attached hydrogens (tertiary/aromatic N) is 1. The maximum absolute atomic E-state index is 11.8. The molecular weight excluding hydrogens is 410 g/mol. The molecule has 4 rings (SSSR count). The van der Waals surface area contributed by atoms with Gasteiger partial charge in [-0.3, -0.25) is 9.69 Å². The van der Waals surface area contributed by atoms with Gasteiger partial charge in [-0.05, 0) is 104 Å². The number of rotatable bonds is 5. The van der Waals surface area contributed by atoms with E-state index in [0.29, 0.717) is 17.6 Å². The highest BCUT2D eigenvalue weighted by atomic mass is 16.5. The summed E-state index contributed by atoms with van der Waals surface area (Å²) in [4.78, 5) is 14.3. The van der Waals surface area contributed by atoms with Crippen LogP contribution in [0.2, 0.25) is 0 Å². The fourth-order valence-corrected chi connectivity index (χ4v) is 5.71. The first-order valence-electron chi connectivity index (χ1n) is 12.8. The normalized spacial score (nSPS) is 23.9. The zero-order valence-electron chi connectivity index (χ0n) is 21.1. The molecule has 1 atom stereocenters. The molecule has 33 heavy (non-hydrogen) atoms. The summed E-state index contributed by atoms with van der Waals surface area (Å²) in [7, 11) is 1.49. The van der Waals surface area contributed by atoms with E-state index in [0.717, 1.165) is 50.4 Å². The summed E-state index contributed by atoms with van der Waals surface area (Å²) in [5.74, 6) is 1.79. The van der Waals surface area contributed by atoms with Gasteiger partial charge in [-0.2, -0.15) is 0 Å². The van der Waals surface area contributed by atoms with Crippen molar-refractivity contribution in [3.05, 3.63) is 42.0 Å². The van der Waals surface area contributed by atoms with Crippen LogP contribution < -0.4 is 4.74 Å². The second kappa shape index (κ2) is 10.0. The van der Waals surface area contributed by atoms with Crippen LogP contribution in [0.1, 0.15) is 77.8 Å². The van der Waals surface area contributed by atoms with Gasteiger partial charge in [-0.1, -0.05) is 39.0 Å². The molecule has 1 saturated heterocycles. The lowest BCUT2D eigenvalue weighted by Gasteiger charge is -2.37. The second-order valence-electron chi connectivity index (χ2n) is 11.2. The Balaban J connectivity index is 1.37. The average Bonchev–Trinajstić information content (AvgIpc) is 2.82. The third kappa shape index (κ3) is 5.71. The first-order valence-corrected chi connectivity index (χ1v) is 12.8. The van der Waals surface area contributed by atoms with Crippen molar-refractivity contribution in [3.63, 3.8) is 0 Å². The smallest absolute Gasteiger partial charge is 0.308 e. The number of methoxy groups -OCH3 is 1. The van der Waals surface area contributed by atoms with E-state index < -0.39 is 0 Å². The van der Waals surface area contributed by atoms with E-state index in [1.54, 1.807) is 0 Å². The van der Waals surface area contributed by atoms with Crippen LogP contribution in [0.25, 0.3) is 10.8 Å². The molecule has 0 bridgehead atoms. The van der Waals surface area contributed by atoms with E-state index in [1.807, 2.05) is 0 Å². The van der Waals surface area contributed by atoms with E-state index in [9.17, 15) is 4.79 Å². The third-order valence-electron chi connectivity index (χ3n) is 8.13. The fraction of sp³-hybridized carbons (Fsp3) is 0.621. The number of likely N-dealkylation sites (tertiary alicyclic amines) is 1. The van der Waals surface area contributed by atoms with Crippen LogP contribution in [-0.2, 0) is 9.53 Å². The fourth-order valence-electron chi connectivity index (χ4n) is 5.71. The van der Waals surface area contributed by atoms with Gasteiger partial charge in [0.25, 0.3) is 0 Å². The molecule has 2 aromatic rings. The molecule has 4 heteroatoms. The van der Waals surface area contributed by atoms with Crippen LogP contribution in [0, 0.1) is 17.3 Å². The lowest BCUT2D eigenvalue weighted by molar-refractivity contribution is -0.147. The summed E-state index contributed by atoms with van der Waals surface area (Å²) in [5, 5.41) is 2.49. The molecule has 0 aromatic heterocycles. The van der Waals surface area contributed by atoms with Gasteiger partial charge in [0.2, 0.25) is 0 Å². The summed E-state index contributed by atoms with van der Waals surface area (Å²) >= 11 is 0. The maximum Gasteiger partial charge on any atom is 0.308 e. The van der Waals surface area contributed by atoms with Crippen LogP contribution in [0.4, 0.5) is 0 Å². The van der Waals surface area contributed by atoms with Crippen molar-refractivity contribution in [3.8, 4) is 5.75 Å². The van der Waals surface area contributed by atoms with Crippen LogP contribution in [0.15, 0.2) is 36.4 Å². The highest BCUT2D eigenvalue weighted by Gasteiger charge is 2.31. The minimum Gasteiger partial charge on any atom is -0.490 e. The molecule has 2 aliphatic rings. The highest BCUT2D eigenvalue weighted by molar-refractivity contribution is 5.84. The zero-order chi connectivity index (χ0) is 23.6. The molecule has 0 N–H and O–H groups in total. The molecule has 1 aliphatic heterocycles. The molecule has 1 saturated carbocycles. The number of benzene rings is 2. The van der Waals surface area contributed by atoms with Crippen molar-refractivity contribution in [2.75, 3.05) is 20.2 Å². The third-order valence-corrected chi connectivity index (χ3v) is 8.13. The summed E-state index contributed by atoms with van der Waals surface area (Å²) in [6.07, 6.45) is 6.94. The number of hydrogen-bond donors (Lipinski definition) is 0. The Labute approximate surface area is 199 Å². The topological polar surface area (TPSA) is 38.8 Å². The summed E-state index contributed by atoms with van der Waals surface area (Å²) in [6, 6.07) is 13.6. The Morgan fingerprint density at radius 3 is 2.21 bits per heavy atom. The van der Waals surface area contributed by atoms with E-state index in [-0.39, 0.29) is 11.9 Å². The minimum absolute atomic E-state index is 0.0528. The van der Waals surface area contributed by atoms with Crippen molar-refractivity contribution >= 4 is 16.7 Å². The largest absolute Gasteiger partial charge is 0.490 e. The highest BCUT2D eigenvalue weighted by Crippen LogP contribution is 2.39. The number of carbonyl (C=O) groups excluding carboxylic acids is 1. The van der Waals surface area contributed by atoms with Crippen LogP contribution in [-0.4, -0.2) is 37.2 Å². The van der Waals surface area contributed by atoms with E-state index in [4.69, 9.17) is 9.47 Å². The molecule has 0 radical (unpaired) electrons. The predicted molar refractivity (Wildman–Crippen MR) is 135 cm³/mol. The molecule has 2 aromatic carbocycles. The Morgan fingerprint density at radius 1 is 0.939 bits per heavy atom. The lowest BCUT2D eigenvalue weighted by atomic mass is 9.72. The van der Waals surface area contributed by atoms with Gasteiger partial charge in [-0.25, -0.2) is 0 Å². The van der Waals surface area contributed by atoms with Crippen molar-refractivity contribution in [1.82, 2.24) is 4.90 Å². The monoisotopic (exact) mass is 451 g/mol. The van der Waals surface area contributed by atoms with Crippen LogP contribution >= 0.6 is 0 Å². The average molecular weight is 452 g/mol. The number of piperidine rings is 1. The summed E-state index contributed by atoms with van der Waals surface area (Å²) in [6.45, 7) is 11.2. The number of hydrogen-bond acceptors (Lipinski definition) is 4. The number of carbonyl (C=O) groups is 1. The van der Waals surface area contributed by atoms with Gasteiger partial charge in [0.1, 0.15) is 5.75 Å². The quantitative estimate of drug-likeness (QED) is 0.470. The Bertz CT molecular complexity index is 947. The lowest BCUT2D eigenvalue weighted by Crippen LogP contribution is -2.38. The molecule has 0 spiro atoms. The Hall–Kier alpha value is -2.07. The Morgan fingerprint density at radius 2 is 1.58 bits per heavy atom. The standard InChI is InChI=1S/C29H41NO3/c1-20(30-16-14-21(15-17-30)28(31)32-5)22-6-7-24-19-27(11-8-23(24)18-22)33-26-12-9-25(10-13-26)29(2,3)4/h6-8,11,18-21,25-26H,9-10,12-17H2,1-5H3/t20?,25-,26-. The molecule has 4 nitrogen and oxygen atoms in total. The molecule has 2 fully saturated rings. The predicted octanol–water partition coefficient (Wildman–Crippen LogP) is 6.77. The van der Waals surface area contributed by atoms with Crippen molar-refractivity contribution in [2.24, 2.45) is 17.3 Å². The van der Waals surface area contributed by atoms with Gasteiger partial charge in [-0.15, -0.1) is 0 Å². The van der Waals surface area contributed by atoms with Crippen molar-refractivity contribution in [2.45, 2.75) is 78.4 Å². The molecule has 1 aliphatic carbocycles. The SMILES string of the molecule is COC(=O)C1CCN(C(C)c2ccc3cc(O[C@H]4CC[C@H](C(C)(C)C)CC4)ccc3c2)CC1. The van der Waals surface area contributed by atoms with Gasteiger partial charge in [0.05, 0.1) is 19.1 Å². The number of fused-ring (bicyclic) bond motifs is 1. The minimum atomic E-state index is -0.0618. The van der Waals surface area contributed by atoms with Crippen LogP contribution in [0.3, 0.4) is 0 Å². The van der Waals surface area contributed by atoms with Crippen molar-refractivity contribution in [1.29, 1.82) is 0 Å². The van der Waals surface area contributed by atoms with E-state index >= 15 is 0 Å².